The van der Waals surface area contributed by atoms with E-state index in [4.69, 9.17) is 9.47 Å². The lowest BCUT2D eigenvalue weighted by Gasteiger charge is -2.06. The number of thioether (sulfide) groups is 1. The molecule has 12 heavy (non-hydrogen) atoms. The quantitative estimate of drug-likeness (QED) is 0.669. The average Bonchev–Trinajstić information content (AvgIpc) is 2.16. The predicted molar refractivity (Wildman–Crippen MR) is 50.2 cm³/mol. The molecule has 3 heteroatoms. The van der Waals surface area contributed by atoms with E-state index in [0.717, 1.165) is 16.4 Å². The largest absolute Gasteiger partial charge is 0.496 e. The second-order valence-electron chi connectivity index (χ2n) is 2.14. The van der Waals surface area contributed by atoms with E-state index in [9.17, 15) is 0 Å². The van der Waals surface area contributed by atoms with E-state index in [0.29, 0.717) is 0 Å². The SMILES string of the molecule is COc1[c]cc(OC)c(SC)c1. The Kier molecular flexibility index (Phi) is 3.29. The first-order chi connectivity index (χ1) is 5.81. The summed E-state index contributed by atoms with van der Waals surface area (Å²) in [6.45, 7) is 0. The Labute approximate surface area is 76.9 Å². The monoisotopic (exact) mass is 183 g/mol. The van der Waals surface area contributed by atoms with Gasteiger partial charge in [-0.05, 0) is 18.4 Å². The first-order valence-electron chi connectivity index (χ1n) is 3.49. The average molecular weight is 183 g/mol. The van der Waals surface area contributed by atoms with Gasteiger partial charge in [0.15, 0.2) is 0 Å². The summed E-state index contributed by atoms with van der Waals surface area (Å²) < 4.78 is 10.2. The van der Waals surface area contributed by atoms with E-state index >= 15 is 0 Å². The van der Waals surface area contributed by atoms with Crippen LogP contribution in [0.1, 0.15) is 0 Å². The Balaban J connectivity index is 3.02. The molecule has 0 aliphatic carbocycles. The molecule has 0 aromatic heterocycles. The Morgan fingerprint density at radius 1 is 1.33 bits per heavy atom. The number of ether oxygens (including phenoxy) is 2. The van der Waals surface area contributed by atoms with Crippen molar-refractivity contribution in [2.45, 2.75) is 4.90 Å². The smallest absolute Gasteiger partial charge is 0.133 e. The lowest BCUT2D eigenvalue weighted by atomic mass is 10.3. The van der Waals surface area contributed by atoms with Crippen LogP contribution in [0.3, 0.4) is 0 Å². The molecular weight excluding hydrogens is 172 g/mol. The molecule has 1 rings (SSSR count). The van der Waals surface area contributed by atoms with Crippen molar-refractivity contribution < 1.29 is 9.47 Å². The van der Waals surface area contributed by atoms with E-state index in [1.54, 1.807) is 32.0 Å². The third-order valence-electron chi connectivity index (χ3n) is 1.51. The Hall–Kier alpha value is -0.830. The summed E-state index contributed by atoms with van der Waals surface area (Å²) in [4.78, 5) is 1.06. The highest BCUT2D eigenvalue weighted by molar-refractivity contribution is 7.98. The second-order valence-corrected chi connectivity index (χ2v) is 2.99. The number of benzene rings is 1. The zero-order chi connectivity index (χ0) is 8.97. The van der Waals surface area contributed by atoms with Crippen LogP contribution in [0, 0.1) is 6.07 Å². The van der Waals surface area contributed by atoms with Gasteiger partial charge in [0, 0.05) is 6.07 Å². The first-order valence-corrected chi connectivity index (χ1v) is 4.72. The van der Waals surface area contributed by atoms with Crippen LogP contribution in [-0.4, -0.2) is 20.5 Å². The summed E-state index contributed by atoms with van der Waals surface area (Å²) in [5, 5.41) is 0. The molecule has 2 nitrogen and oxygen atoms in total. The van der Waals surface area contributed by atoms with Gasteiger partial charge in [-0.15, -0.1) is 11.8 Å². The van der Waals surface area contributed by atoms with Crippen LogP contribution in [0.5, 0.6) is 11.5 Å². The number of hydrogen-bond acceptors (Lipinski definition) is 3. The topological polar surface area (TPSA) is 18.5 Å². The highest BCUT2D eigenvalue weighted by Crippen LogP contribution is 2.30. The maximum Gasteiger partial charge on any atom is 0.133 e. The molecule has 0 aliphatic rings. The normalized spacial score (nSPS) is 9.58. The van der Waals surface area contributed by atoms with Crippen molar-refractivity contribution in [3.05, 3.63) is 18.2 Å². The number of hydrogen-bond donors (Lipinski definition) is 0. The van der Waals surface area contributed by atoms with Crippen LogP contribution in [-0.2, 0) is 0 Å². The van der Waals surface area contributed by atoms with E-state index in [2.05, 4.69) is 6.07 Å². The maximum absolute atomic E-state index is 5.13. The van der Waals surface area contributed by atoms with Gasteiger partial charge >= 0.3 is 0 Å². The third kappa shape index (κ3) is 1.85. The molecule has 0 N–H and O–H groups in total. The lowest BCUT2D eigenvalue weighted by Crippen LogP contribution is -1.88. The number of rotatable bonds is 3. The van der Waals surface area contributed by atoms with E-state index in [1.165, 1.54) is 0 Å². The Morgan fingerprint density at radius 3 is 2.58 bits per heavy atom. The summed E-state index contributed by atoms with van der Waals surface area (Å²) in [5.41, 5.74) is 0. The molecule has 0 fully saturated rings. The summed E-state index contributed by atoms with van der Waals surface area (Å²) in [6.07, 6.45) is 2.00. The van der Waals surface area contributed by atoms with Crippen molar-refractivity contribution in [2.24, 2.45) is 0 Å². The lowest BCUT2D eigenvalue weighted by molar-refractivity contribution is 0.393. The zero-order valence-corrected chi connectivity index (χ0v) is 8.20. The molecule has 0 amide bonds. The minimum Gasteiger partial charge on any atom is -0.496 e. The van der Waals surface area contributed by atoms with Gasteiger partial charge in [0.2, 0.25) is 0 Å². The molecule has 1 aromatic carbocycles. The molecule has 0 bridgehead atoms. The summed E-state index contributed by atoms with van der Waals surface area (Å²) >= 11 is 1.62. The van der Waals surface area contributed by atoms with Gasteiger partial charge in [-0.1, -0.05) is 0 Å². The molecule has 1 aromatic rings. The van der Waals surface area contributed by atoms with Gasteiger partial charge in [0.1, 0.15) is 11.5 Å². The van der Waals surface area contributed by atoms with Crippen LogP contribution in [0.2, 0.25) is 0 Å². The van der Waals surface area contributed by atoms with Crippen LogP contribution in [0.25, 0.3) is 0 Å². The zero-order valence-electron chi connectivity index (χ0n) is 7.38. The van der Waals surface area contributed by atoms with Gasteiger partial charge in [0.05, 0.1) is 19.1 Å². The highest BCUT2D eigenvalue weighted by Gasteiger charge is 2.02. The van der Waals surface area contributed by atoms with E-state index < -0.39 is 0 Å². The van der Waals surface area contributed by atoms with E-state index in [1.807, 2.05) is 12.3 Å². The van der Waals surface area contributed by atoms with Crippen molar-refractivity contribution >= 4 is 11.8 Å². The van der Waals surface area contributed by atoms with Crippen molar-refractivity contribution in [3.8, 4) is 11.5 Å². The van der Waals surface area contributed by atoms with Crippen molar-refractivity contribution in [1.82, 2.24) is 0 Å². The van der Waals surface area contributed by atoms with Crippen LogP contribution < -0.4 is 9.47 Å². The van der Waals surface area contributed by atoms with Crippen LogP contribution >= 0.6 is 11.8 Å². The molecule has 0 unspecified atom stereocenters. The summed E-state index contributed by atoms with van der Waals surface area (Å²) in [6, 6.07) is 6.64. The van der Waals surface area contributed by atoms with Crippen molar-refractivity contribution in [1.29, 1.82) is 0 Å². The van der Waals surface area contributed by atoms with Crippen LogP contribution in [0.15, 0.2) is 17.0 Å². The molecule has 0 heterocycles. The van der Waals surface area contributed by atoms with Gasteiger partial charge in [0.25, 0.3) is 0 Å². The fourth-order valence-electron chi connectivity index (χ4n) is 0.877. The van der Waals surface area contributed by atoms with Gasteiger partial charge in [-0.3, -0.25) is 0 Å². The Bertz CT molecular complexity index is 261. The van der Waals surface area contributed by atoms with Gasteiger partial charge in [-0.25, -0.2) is 0 Å². The highest BCUT2D eigenvalue weighted by atomic mass is 32.2. The van der Waals surface area contributed by atoms with Crippen molar-refractivity contribution in [2.75, 3.05) is 20.5 Å². The maximum atomic E-state index is 5.13. The van der Waals surface area contributed by atoms with Crippen molar-refractivity contribution in [3.63, 3.8) is 0 Å². The molecule has 65 valence electrons. The summed E-state index contributed by atoms with van der Waals surface area (Å²) in [5.74, 6) is 1.57. The minimum atomic E-state index is 0.736. The van der Waals surface area contributed by atoms with Crippen LogP contribution in [0.4, 0.5) is 0 Å². The number of methoxy groups -OCH3 is 2. The van der Waals surface area contributed by atoms with E-state index in [-0.39, 0.29) is 0 Å². The van der Waals surface area contributed by atoms with Gasteiger partial charge < -0.3 is 9.47 Å². The predicted octanol–water partition coefficient (Wildman–Crippen LogP) is 2.23. The molecule has 0 aliphatic heterocycles. The molecular formula is C9H11O2S. The molecule has 0 spiro atoms. The van der Waals surface area contributed by atoms with Gasteiger partial charge in [-0.2, -0.15) is 0 Å². The third-order valence-corrected chi connectivity index (χ3v) is 2.27. The molecule has 0 atom stereocenters. The minimum absolute atomic E-state index is 0.736. The fraction of sp³-hybridized carbons (Fsp3) is 0.333. The second kappa shape index (κ2) is 4.26. The molecule has 0 saturated heterocycles. The molecule has 1 radical (unpaired) electrons. The Morgan fingerprint density at radius 2 is 2.08 bits per heavy atom. The first kappa shape index (κ1) is 9.26. The standard InChI is InChI=1S/C9H11O2S/c1-10-7-4-5-8(11-2)9(6-7)12-3/h5-6H,1-3H3. The fourth-order valence-corrected chi connectivity index (χ4v) is 1.44. The summed E-state index contributed by atoms with van der Waals surface area (Å²) in [7, 11) is 3.28. The molecule has 0 saturated carbocycles.